The molecule has 2 rings (SSSR count). The number of anilines is 1. The van der Waals surface area contributed by atoms with Crippen molar-refractivity contribution < 1.29 is 4.79 Å². The molecule has 112 valence electrons. The Morgan fingerprint density at radius 3 is 2.67 bits per heavy atom. The number of rotatable bonds is 5. The van der Waals surface area contributed by atoms with Crippen molar-refractivity contribution in [2.75, 3.05) is 32.5 Å². The highest BCUT2D eigenvalue weighted by atomic mass is 16.2. The summed E-state index contributed by atoms with van der Waals surface area (Å²) in [4.78, 5) is 13.8. The molecule has 0 aliphatic carbocycles. The fraction of sp³-hybridized carbons (Fsp3) is 0.333. The Labute approximate surface area is 124 Å². The number of nitrogens with one attached hydrogen (secondary N) is 2. The number of carbonyl (C=O) groups is 1. The third-order valence-corrected chi connectivity index (χ3v) is 3.04. The van der Waals surface area contributed by atoms with Gasteiger partial charge in [0.2, 0.25) is 0 Å². The first-order valence-corrected chi connectivity index (χ1v) is 6.85. The second-order valence-electron chi connectivity index (χ2n) is 5.09. The van der Waals surface area contributed by atoms with Crippen molar-refractivity contribution >= 4 is 11.8 Å². The van der Waals surface area contributed by atoms with Gasteiger partial charge in [-0.1, -0.05) is 30.3 Å². The van der Waals surface area contributed by atoms with Gasteiger partial charge >= 0.3 is 6.03 Å². The Balaban J connectivity index is 1.98. The first-order valence-electron chi connectivity index (χ1n) is 6.85. The molecule has 6 heteroatoms. The Morgan fingerprint density at radius 2 is 2.00 bits per heavy atom. The van der Waals surface area contributed by atoms with E-state index in [1.165, 1.54) is 0 Å². The van der Waals surface area contributed by atoms with E-state index in [9.17, 15) is 4.79 Å². The molecule has 0 saturated carbocycles. The molecule has 2 N–H and O–H groups in total. The minimum atomic E-state index is -0.241. The van der Waals surface area contributed by atoms with Gasteiger partial charge in [-0.25, -0.2) is 4.79 Å². The van der Waals surface area contributed by atoms with Gasteiger partial charge in [0.15, 0.2) is 5.82 Å². The van der Waals surface area contributed by atoms with Gasteiger partial charge in [-0.15, -0.1) is 0 Å². The second kappa shape index (κ2) is 6.90. The van der Waals surface area contributed by atoms with E-state index in [2.05, 4.69) is 15.7 Å². The summed E-state index contributed by atoms with van der Waals surface area (Å²) in [6.45, 7) is 1.39. The second-order valence-corrected chi connectivity index (χ2v) is 5.09. The molecule has 0 aliphatic rings. The molecule has 21 heavy (non-hydrogen) atoms. The largest absolute Gasteiger partial charge is 0.337 e. The Kier molecular flexibility index (Phi) is 4.94. The van der Waals surface area contributed by atoms with E-state index in [0.717, 1.165) is 17.8 Å². The summed E-state index contributed by atoms with van der Waals surface area (Å²) in [5.74, 6) is 0.540. The highest BCUT2D eigenvalue weighted by Crippen LogP contribution is 2.21. The SMILES string of the molecule is CN(C)CCNC(=O)Nc1cc(-c2ccccc2)n(C)n1. The molecular formula is C15H21N5O. The highest BCUT2D eigenvalue weighted by molar-refractivity contribution is 5.88. The molecule has 0 radical (unpaired) electrons. The summed E-state index contributed by atoms with van der Waals surface area (Å²) in [5.41, 5.74) is 2.02. The van der Waals surface area contributed by atoms with Gasteiger partial charge in [0.05, 0.1) is 5.69 Å². The number of carbonyl (C=O) groups excluding carboxylic acids is 1. The van der Waals surface area contributed by atoms with Crippen LogP contribution in [0.1, 0.15) is 0 Å². The number of likely N-dealkylation sites (N-methyl/N-ethyl adjacent to an activating group) is 1. The van der Waals surface area contributed by atoms with Gasteiger partial charge < -0.3 is 10.2 Å². The van der Waals surface area contributed by atoms with Crippen LogP contribution in [0.15, 0.2) is 36.4 Å². The van der Waals surface area contributed by atoms with Crippen LogP contribution in [0.5, 0.6) is 0 Å². The van der Waals surface area contributed by atoms with Gasteiger partial charge in [0.1, 0.15) is 0 Å². The molecule has 6 nitrogen and oxygen atoms in total. The fourth-order valence-electron chi connectivity index (χ4n) is 1.96. The minimum absolute atomic E-state index is 0.241. The molecular weight excluding hydrogens is 266 g/mol. The summed E-state index contributed by atoms with van der Waals surface area (Å²) in [5, 5.41) is 9.84. The van der Waals surface area contributed by atoms with Crippen LogP contribution in [0.3, 0.4) is 0 Å². The third-order valence-electron chi connectivity index (χ3n) is 3.04. The summed E-state index contributed by atoms with van der Waals surface area (Å²) >= 11 is 0. The van der Waals surface area contributed by atoms with Crippen molar-refractivity contribution in [1.29, 1.82) is 0 Å². The van der Waals surface area contributed by atoms with Gasteiger partial charge in [-0.05, 0) is 19.7 Å². The van der Waals surface area contributed by atoms with Gasteiger partial charge in [-0.2, -0.15) is 5.10 Å². The normalized spacial score (nSPS) is 10.7. The van der Waals surface area contributed by atoms with Crippen LogP contribution in [0, 0.1) is 0 Å². The molecule has 1 aromatic heterocycles. The number of nitrogens with zero attached hydrogens (tertiary/aromatic N) is 3. The van der Waals surface area contributed by atoms with E-state index in [1.807, 2.05) is 62.4 Å². The summed E-state index contributed by atoms with van der Waals surface area (Å²) in [6.07, 6.45) is 0. The van der Waals surface area contributed by atoms with Crippen molar-refractivity contribution in [3.05, 3.63) is 36.4 Å². The van der Waals surface area contributed by atoms with E-state index in [1.54, 1.807) is 4.68 Å². The monoisotopic (exact) mass is 287 g/mol. The Bertz CT molecular complexity index is 591. The molecule has 2 amide bonds. The van der Waals surface area contributed by atoms with Crippen LogP contribution in [0.25, 0.3) is 11.3 Å². The number of hydrogen-bond donors (Lipinski definition) is 2. The zero-order chi connectivity index (χ0) is 15.2. The molecule has 2 aromatic rings. The first kappa shape index (κ1) is 15.1. The van der Waals surface area contributed by atoms with Crippen molar-refractivity contribution in [3.8, 4) is 11.3 Å². The molecule has 0 spiro atoms. The number of aryl methyl sites for hydroxylation is 1. The Hall–Kier alpha value is -2.34. The minimum Gasteiger partial charge on any atom is -0.337 e. The molecule has 0 fully saturated rings. The lowest BCUT2D eigenvalue weighted by Gasteiger charge is -2.10. The Morgan fingerprint density at radius 1 is 1.29 bits per heavy atom. The van der Waals surface area contributed by atoms with Gasteiger partial charge in [0, 0.05) is 26.2 Å². The number of amides is 2. The maximum Gasteiger partial charge on any atom is 0.320 e. The van der Waals surface area contributed by atoms with Crippen LogP contribution in [0.4, 0.5) is 10.6 Å². The molecule has 0 unspecified atom stereocenters. The van der Waals surface area contributed by atoms with E-state index in [0.29, 0.717) is 12.4 Å². The van der Waals surface area contributed by atoms with E-state index >= 15 is 0 Å². The number of benzene rings is 1. The first-order chi connectivity index (χ1) is 10.1. The van der Waals surface area contributed by atoms with Crippen LogP contribution in [-0.2, 0) is 7.05 Å². The van der Waals surface area contributed by atoms with Crippen molar-refractivity contribution in [2.45, 2.75) is 0 Å². The van der Waals surface area contributed by atoms with E-state index in [4.69, 9.17) is 0 Å². The summed E-state index contributed by atoms with van der Waals surface area (Å²) < 4.78 is 1.75. The number of aromatic nitrogens is 2. The number of urea groups is 1. The average Bonchev–Trinajstić information content (AvgIpc) is 2.80. The zero-order valence-electron chi connectivity index (χ0n) is 12.6. The van der Waals surface area contributed by atoms with Crippen molar-refractivity contribution in [2.24, 2.45) is 7.05 Å². The summed E-state index contributed by atoms with van der Waals surface area (Å²) in [7, 11) is 5.78. The fourth-order valence-corrected chi connectivity index (χ4v) is 1.96. The molecule has 0 atom stereocenters. The van der Waals surface area contributed by atoms with Crippen LogP contribution in [0.2, 0.25) is 0 Å². The predicted octanol–water partition coefficient (Wildman–Crippen LogP) is 1.77. The van der Waals surface area contributed by atoms with Gasteiger partial charge in [0.25, 0.3) is 0 Å². The number of hydrogen-bond acceptors (Lipinski definition) is 3. The van der Waals surface area contributed by atoms with Crippen LogP contribution >= 0.6 is 0 Å². The van der Waals surface area contributed by atoms with Crippen LogP contribution in [-0.4, -0.2) is 47.9 Å². The lowest BCUT2D eigenvalue weighted by atomic mass is 10.1. The third kappa shape index (κ3) is 4.32. The average molecular weight is 287 g/mol. The highest BCUT2D eigenvalue weighted by Gasteiger charge is 2.09. The molecule has 0 saturated heterocycles. The summed E-state index contributed by atoms with van der Waals surface area (Å²) in [6, 6.07) is 11.6. The van der Waals surface area contributed by atoms with Crippen molar-refractivity contribution in [1.82, 2.24) is 20.0 Å². The van der Waals surface area contributed by atoms with Crippen LogP contribution < -0.4 is 10.6 Å². The standard InChI is InChI=1S/C15H21N5O/c1-19(2)10-9-16-15(21)17-14-11-13(20(3)18-14)12-7-5-4-6-8-12/h4-8,11H,9-10H2,1-3H3,(H2,16,17,18,21). The van der Waals surface area contributed by atoms with Crippen molar-refractivity contribution in [3.63, 3.8) is 0 Å². The smallest absolute Gasteiger partial charge is 0.320 e. The molecule has 0 aliphatic heterocycles. The topological polar surface area (TPSA) is 62.2 Å². The molecule has 1 heterocycles. The quantitative estimate of drug-likeness (QED) is 0.881. The zero-order valence-corrected chi connectivity index (χ0v) is 12.6. The molecule has 0 bridgehead atoms. The lowest BCUT2D eigenvalue weighted by Crippen LogP contribution is -2.34. The molecule has 1 aromatic carbocycles. The lowest BCUT2D eigenvalue weighted by molar-refractivity contribution is 0.250. The van der Waals surface area contributed by atoms with E-state index in [-0.39, 0.29) is 6.03 Å². The maximum absolute atomic E-state index is 11.8. The van der Waals surface area contributed by atoms with Gasteiger partial charge in [-0.3, -0.25) is 10.00 Å². The maximum atomic E-state index is 11.8. The predicted molar refractivity (Wildman–Crippen MR) is 84.2 cm³/mol. The van der Waals surface area contributed by atoms with E-state index < -0.39 is 0 Å².